The SMILES string of the molecule is CC1CCC2(NC1)OC1C(O)C3C4CCC5C[C@@H](O)CC[C@]5(C)C4CC[C@]3(C)C1C2C. The average Bonchev–Trinajstić information content (AvgIpc) is 3.14. The minimum absolute atomic E-state index is 0.00311. The molecule has 4 saturated carbocycles. The molecule has 31 heavy (non-hydrogen) atoms. The van der Waals surface area contributed by atoms with Crippen LogP contribution >= 0.6 is 0 Å². The maximum Gasteiger partial charge on any atom is 0.122 e. The molecule has 0 aromatic rings. The van der Waals surface area contributed by atoms with Crippen molar-refractivity contribution in [3.05, 3.63) is 0 Å². The summed E-state index contributed by atoms with van der Waals surface area (Å²) >= 11 is 0. The molecule has 2 heterocycles. The number of aliphatic hydroxyl groups is 2. The van der Waals surface area contributed by atoms with Crippen LogP contribution in [0.15, 0.2) is 0 Å². The van der Waals surface area contributed by atoms with Gasteiger partial charge in [-0.25, -0.2) is 0 Å². The largest absolute Gasteiger partial charge is 0.393 e. The fraction of sp³-hybridized carbons (Fsp3) is 1.00. The van der Waals surface area contributed by atoms with Crippen LogP contribution in [0.5, 0.6) is 0 Å². The molecule has 0 radical (unpaired) electrons. The van der Waals surface area contributed by atoms with Crippen molar-refractivity contribution in [1.29, 1.82) is 0 Å². The predicted octanol–water partition coefficient (Wildman–Crippen LogP) is 4.34. The van der Waals surface area contributed by atoms with Crippen molar-refractivity contribution in [2.75, 3.05) is 6.54 Å². The van der Waals surface area contributed by atoms with Gasteiger partial charge in [0.15, 0.2) is 0 Å². The summed E-state index contributed by atoms with van der Waals surface area (Å²) in [5, 5.41) is 25.9. The van der Waals surface area contributed by atoms with E-state index in [1.807, 2.05) is 0 Å². The number of piperidine rings is 1. The van der Waals surface area contributed by atoms with Crippen molar-refractivity contribution >= 4 is 0 Å². The first-order chi connectivity index (χ1) is 14.7. The summed E-state index contributed by atoms with van der Waals surface area (Å²) in [5.41, 5.74) is 0.336. The Morgan fingerprint density at radius 2 is 1.65 bits per heavy atom. The predicted molar refractivity (Wildman–Crippen MR) is 121 cm³/mol. The first-order valence-corrected chi connectivity index (χ1v) is 13.5. The molecule has 10 unspecified atom stereocenters. The van der Waals surface area contributed by atoms with E-state index in [1.54, 1.807) is 0 Å². The minimum atomic E-state index is -0.319. The van der Waals surface area contributed by atoms with Gasteiger partial charge in [-0.05, 0) is 98.2 Å². The molecular formula is C27H45NO3. The van der Waals surface area contributed by atoms with Crippen LogP contribution < -0.4 is 5.32 Å². The molecule has 6 aliphatic rings. The van der Waals surface area contributed by atoms with E-state index in [4.69, 9.17) is 4.74 Å². The topological polar surface area (TPSA) is 61.7 Å². The van der Waals surface area contributed by atoms with Crippen LogP contribution in [0, 0.1) is 52.3 Å². The molecule has 4 heteroatoms. The van der Waals surface area contributed by atoms with Crippen molar-refractivity contribution < 1.29 is 14.9 Å². The molecule has 6 rings (SSSR count). The zero-order valence-corrected chi connectivity index (χ0v) is 20.1. The van der Waals surface area contributed by atoms with Crippen LogP contribution in [-0.2, 0) is 4.74 Å². The van der Waals surface area contributed by atoms with Gasteiger partial charge in [0.25, 0.3) is 0 Å². The second kappa shape index (κ2) is 6.93. The summed E-state index contributed by atoms with van der Waals surface area (Å²) in [7, 11) is 0. The van der Waals surface area contributed by atoms with Gasteiger partial charge in [0, 0.05) is 18.4 Å². The summed E-state index contributed by atoms with van der Waals surface area (Å²) in [6.07, 6.45) is 10.1. The summed E-state index contributed by atoms with van der Waals surface area (Å²) < 4.78 is 6.88. The molecular weight excluding hydrogens is 386 g/mol. The minimum Gasteiger partial charge on any atom is -0.393 e. The highest BCUT2D eigenvalue weighted by Crippen LogP contribution is 2.71. The maximum absolute atomic E-state index is 11.8. The van der Waals surface area contributed by atoms with Crippen molar-refractivity contribution in [2.24, 2.45) is 52.3 Å². The average molecular weight is 432 g/mol. The highest BCUT2D eigenvalue weighted by atomic mass is 16.5. The number of hydrogen-bond donors (Lipinski definition) is 3. The van der Waals surface area contributed by atoms with Gasteiger partial charge in [0.1, 0.15) is 5.72 Å². The molecule has 0 amide bonds. The molecule has 0 aromatic heterocycles. The Kier molecular flexibility index (Phi) is 4.78. The zero-order valence-electron chi connectivity index (χ0n) is 20.1. The molecule has 176 valence electrons. The smallest absolute Gasteiger partial charge is 0.122 e. The van der Waals surface area contributed by atoms with Gasteiger partial charge in [-0.3, -0.25) is 5.32 Å². The Morgan fingerprint density at radius 1 is 0.871 bits per heavy atom. The summed E-state index contributed by atoms with van der Waals surface area (Å²) in [6, 6.07) is 0. The summed E-state index contributed by atoms with van der Waals surface area (Å²) in [6.45, 7) is 10.8. The molecule has 0 aromatic carbocycles. The molecule has 1 spiro atoms. The van der Waals surface area contributed by atoms with Gasteiger partial charge in [0.2, 0.25) is 0 Å². The first-order valence-electron chi connectivity index (χ1n) is 13.5. The number of fused-ring (bicyclic) bond motifs is 7. The van der Waals surface area contributed by atoms with Crippen LogP contribution in [0.3, 0.4) is 0 Å². The lowest BCUT2D eigenvalue weighted by Crippen LogP contribution is -2.59. The van der Waals surface area contributed by atoms with Gasteiger partial charge in [-0.15, -0.1) is 0 Å². The zero-order chi connectivity index (χ0) is 21.8. The fourth-order valence-electron chi connectivity index (χ4n) is 10.5. The lowest BCUT2D eigenvalue weighted by Gasteiger charge is -2.61. The highest BCUT2D eigenvalue weighted by Gasteiger charge is 2.71. The molecule has 0 bridgehead atoms. The van der Waals surface area contributed by atoms with Crippen LogP contribution in [-0.4, -0.2) is 40.8 Å². The van der Waals surface area contributed by atoms with Crippen molar-refractivity contribution in [1.82, 2.24) is 5.32 Å². The number of hydrogen-bond acceptors (Lipinski definition) is 4. The quantitative estimate of drug-likeness (QED) is 0.534. The van der Waals surface area contributed by atoms with Crippen LogP contribution in [0.4, 0.5) is 0 Å². The standard InChI is InChI=1S/C27H45NO3/c1-15-7-12-27(28-14-15)16(2)21-24(31-27)23(30)22-19-6-5-17-13-18(29)8-10-25(17,3)20(19)9-11-26(21,22)4/h15-24,28-30H,5-14H2,1-4H3/t15?,16?,17?,18-,19?,20?,21?,22?,23?,24?,25-,26+,27?/m0/s1. The van der Waals surface area contributed by atoms with E-state index in [9.17, 15) is 10.2 Å². The lowest BCUT2D eigenvalue weighted by molar-refractivity contribution is -0.170. The summed E-state index contributed by atoms with van der Waals surface area (Å²) in [4.78, 5) is 0. The number of ether oxygens (including phenoxy) is 1. The molecule has 3 N–H and O–H groups in total. The van der Waals surface area contributed by atoms with E-state index < -0.39 is 0 Å². The van der Waals surface area contributed by atoms with E-state index in [-0.39, 0.29) is 29.5 Å². The second-order valence-corrected chi connectivity index (χ2v) is 13.4. The van der Waals surface area contributed by atoms with Crippen molar-refractivity contribution in [2.45, 2.75) is 110 Å². The fourth-order valence-corrected chi connectivity index (χ4v) is 10.5. The van der Waals surface area contributed by atoms with Crippen LogP contribution in [0.1, 0.15) is 85.5 Å². The van der Waals surface area contributed by atoms with Gasteiger partial charge in [-0.1, -0.05) is 27.7 Å². The first kappa shape index (κ1) is 21.4. The summed E-state index contributed by atoms with van der Waals surface area (Å²) in [5.74, 6) is 4.04. The monoisotopic (exact) mass is 431 g/mol. The molecule has 13 atom stereocenters. The molecule has 4 aliphatic carbocycles. The second-order valence-electron chi connectivity index (χ2n) is 13.4. The number of rotatable bonds is 0. The van der Waals surface area contributed by atoms with Gasteiger partial charge in [-0.2, -0.15) is 0 Å². The molecule has 2 aliphatic heterocycles. The Balaban J connectivity index is 1.30. The highest BCUT2D eigenvalue weighted by molar-refractivity contribution is 5.19. The third-order valence-corrected chi connectivity index (χ3v) is 12.1. The third kappa shape index (κ3) is 2.74. The van der Waals surface area contributed by atoms with Gasteiger partial charge < -0.3 is 14.9 Å². The van der Waals surface area contributed by atoms with E-state index in [2.05, 4.69) is 33.0 Å². The Bertz CT molecular complexity index is 719. The number of nitrogens with one attached hydrogen (secondary N) is 1. The number of aliphatic hydroxyl groups excluding tert-OH is 2. The van der Waals surface area contributed by atoms with Gasteiger partial charge in [0.05, 0.1) is 18.3 Å². The Labute approximate surface area is 188 Å². The van der Waals surface area contributed by atoms with Crippen molar-refractivity contribution in [3.63, 3.8) is 0 Å². The molecule has 6 fully saturated rings. The van der Waals surface area contributed by atoms with Crippen LogP contribution in [0.25, 0.3) is 0 Å². The molecule has 2 saturated heterocycles. The van der Waals surface area contributed by atoms with E-state index in [0.717, 1.165) is 31.7 Å². The maximum atomic E-state index is 11.8. The third-order valence-electron chi connectivity index (χ3n) is 12.1. The van der Waals surface area contributed by atoms with Crippen LogP contribution in [0.2, 0.25) is 0 Å². The van der Waals surface area contributed by atoms with Crippen molar-refractivity contribution in [3.8, 4) is 0 Å². The van der Waals surface area contributed by atoms with Gasteiger partial charge >= 0.3 is 0 Å². The molecule has 4 nitrogen and oxygen atoms in total. The van der Waals surface area contributed by atoms with E-state index in [0.29, 0.717) is 40.9 Å². The normalized spacial score (nSPS) is 63.3. The lowest BCUT2D eigenvalue weighted by atomic mass is 9.44. The van der Waals surface area contributed by atoms with E-state index >= 15 is 0 Å². The Morgan fingerprint density at radius 3 is 2.39 bits per heavy atom. The van der Waals surface area contributed by atoms with E-state index in [1.165, 1.54) is 38.5 Å². The Hall–Kier alpha value is -0.160.